The largest absolute Gasteiger partial charge is 0.497 e. The van der Waals surface area contributed by atoms with Gasteiger partial charge in [-0.2, -0.15) is 5.10 Å². The molecule has 2 heterocycles. The van der Waals surface area contributed by atoms with Crippen LogP contribution in [-0.4, -0.2) is 53.9 Å². The van der Waals surface area contributed by atoms with Crippen LogP contribution in [0.25, 0.3) is 0 Å². The fourth-order valence-corrected chi connectivity index (χ4v) is 3.59. The summed E-state index contributed by atoms with van der Waals surface area (Å²) in [5, 5.41) is 11.1. The fraction of sp³-hybridized carbons (Fsp3) is 0.524. The van der Waals surface area contributed by atoms with Gasteiger partial charge in [0.15, 0.2) is 5.96 Å². The highest BCUT2D eigenvalue weighted by atomic mass is 127. The molecule has 1 aromatic carbocycles. The summed E-state index contributed by atoms with van der Waals surface area (Å²) < 4.78 is 7.17. The lowest BCUT2D eigenvalue weighted by molar-refractivity contribution is 0.245. The molecule has 1 aliphatic heterocycles. The van der Waals surface area contributed by atoms with E-state index in [0.717, 1.165) is 43.6 Å². The molecule has 0 amide bonds. The van der Waals surface area contributed by atoms with Crippen molar-refractivity contribution < 1.29 is 4.74 Å². The van der Waals surface area contributed by atoms with Crippen LogP contribution in [0.2, 0.25) is 0 Å². The Labute approximate surface area is 190 Å². The summed E-state index contributed by atoms with van der Waals surface area (Å²) in [4.78, 5) is 7.29. The standard InChI is InChI=1S/C21H32N6O.HI/c1-4-22-21(23-15-18-11-12-25-26(18)2)24-16-20(27-13-5-6-14-27)17-7-9-19(28-3)10-8-17;/h7-12,20H,4-6,13-16H2,1-3H3,(H2,22,23,24);1H. The van der Waals surface area contributed by atoms with Crippen LogP contribution in [0.3, 0.4) is 0 Å². The molecule has 7 nitrogen and oxygen atoms in total. The molecule has 8 heteroatoms. The second-order valence-electron chi connectivity index (χ2n) is 7.05. The highest BCUT2D eigenvalue weighted by Crippen LogP contribution is 2.26. The summed E-state index contributed by atoms with van der Waals surface area (Å²) in [5.74, 6) is 1.73. The molecule has 2 aromatic rings. The van der Waals surface area contributed by atoms with Crippen molar-refractivity contribution in [2.75, 3.05) is 33.3 Å². The number of benzene rings is 1. The second-order valence-corrected chi connectivity index (χ2v) is 7.05. The molecular weight excluding hydrogens is 479 g/mol. The minimum atomic E-state index is 0. The van der Waals surface area contributed by atoms with Crippen LogP contribution in [0, 0.1) is 0 Å². The Hall–Kier alpha value is -1.81. The lowest BCUT2D eigenvalue weighted by Crippen LogP contribution is -2.42. The Bertz CT molecular complexity index is 755. The van der Waals surface area contributed by atoms with E-state index in [4.69, 9.17) is 9.73 Å². The van der Waals surface area contributed by atoms with E-state index in [-0.39, 0.29) is 24.0 Å². The Kier molecular flexibility index (Phi) is 9.72. The molecule has 1 atom stereocenters. The third-order valence-electron chi connectivity index (χ3n) is 5.21. The molecule has 1 saturated heterocycles. The molecule has 2 N–H and O–H groups in total. The van der Waals surface area contributed by atoms with E-state index >= 15 is 0 Å². The van der Waals surface area contributed by atoms with Crippen molar-refractivity contribution in [3.8, 4) is 5.75 Å². The van der Waals surface area contributed by atoms with Crippen molar-refractivity contribution in [3.63, 3.8) is 0 Å². The number of hydrogen-bond donors (Lipinski definition) is 2. The molecule has 0 bridgehead atoms. The summed E-state index contributed by atoms with van der Waals surface area (Å²) in [5.41, 5.74) is 2.39. The van der Waals surface area contributed by atoms with Gasteiger partial charge >= 0.3 is 0 Å². The number of guanidine groups is 1. The quantitative estimate of drug-likeness (QED) is 0.324. The van der Waals surface area contributed by atoms with Gasteiger partial charge in [0.25, 0.3) is 0 Å². The fourth-order valence-electron chi connectivity index (χ4n) is 3.59. The van der Waals surface area contributed by atoms with Crippen molar-refractivity contribution >= 4 is 29.9 Å². The average molecular weight is 512 g/mol. The molecule has 160 valence electrons. The van der Waals surface area contributed by atoms with E-state index in [9.17, 15) is 0 Å². The number of methoxy groups -OCH3 is 1. The van der Waals surface area contributed by atoms with E-state index in [2.05, 4.69) is 39.7 Å². The van der Waals surface area contributed by atoms with Crippen molar-refractivity contribution in [1.29, 1.82) is 0 Å². The normalized spacial score (nSPS) is 15.6. The number of ether oxygens (including phenoxy) is 1. The Morgan fingerprint density at radius 2 is 1.90 bits per heavy atom. The molecule has 0 saturated carbocycles. The maximum Gasteiger partial charge on any atom is 0.191 e. The summed E-state index contributed by atoms with van der Waals surface area (Å²) in [6.45, 7) is 6.60. The number of likely N-dealkylation sites (tertiary alicyclic amines) is 1. The molecule has 0 spiro atoms. The van der Waals surface area contributed by atoms with E-state index in [0.29, 0.717) is 12.6 Å². The first-order chi connectivity index (χ1) is 13.7. The highest BCUT2D eigenvalue weighted by molar-refractivity contribution is 14.0. The van der Waals surface area contributed by atoms with E-state index in [1.165, 1.54) is 18.4 Å². The van der Waals surface area contributed by atoms with Gasteiger partial charge in [-0.25, -0.2) is 4.99 Å². The lowest BCUT2D eigenvalue weighted by Gasteiger charge is -2.29. The molecular formula is C21H33IN6O. The zero-order valence-corrected chi connectivity index (χ0v) is 19.9. The van der Waals surface area contributed by atoms with Crippen LogP contribution in [0.1, 0.15) is 37.1 Å². The summed E-state index contributed by atoms with van der Waals surface area (Å²) >= 11 is 0. The van der Waals surface area contributed by atoms with Crippen molar-refractivity contribution in [3.05, 3.63) is 47.8 Å². The summed E-state index contributed by atoms with van der Waals surface area (Å²) in [6, 6.07) is 10.7. The molecule has 0 radical (unpaired) electrons. The summed E-state index contributed by atoms with van der Waals surface area (Å²) in [6.07, 6.45) is 4.33. The number of rotatable bonds is 8. The van der Waals surface area contributed by atoms with Gasteiger partial charge in [0.1, 0.15) is 5.75 Å². The van der Waals surface area contributed by atoms with Crippen LogP contribution in [0.5, 0.6) is 5.75 Å². The van der Waals surface area contributed by atoms with Crippen molar-refractivity contribution in [2.45, 2.75) is 32.4 Å². The number of nitrogens with one attached hydrogen (secondary N) is 2. The SMILES string of the molecule is CCNC(=NCc1ccnn1C)NCC(c1ccc(OC)cc1)N1CCCC1.I. The Morgan fingerprint density at radius 3 is 2.48 bits per heavy atom. The molecule has 1 aliphatic rings. The predicted molar refractivity (Wildman–Crippen MR) is 128 cm³/mol. The first-order valence-corrected chi connectivity index (χ1v) is 10.1. The number of nitrogens with zero attached hydrogens (tertiary/aromatic N) is 4. The van der Waals surface area contributed by atoms with Gasteiger partial charge in [0, 0.05) is 26.3 Å². The monoisotopic (exact) mass is 512 g/mol. The van der Waals surface area contributed by atoms with E-state index in [1.807, 2.05) is 29.9 Å². The number of hydrogen-bond acceptors (Lipinski definition) is 4. The Balaban J connectivity index is 0.00000300. The van der Waals surface area contributed by atoms with Gasteiger partial charge in [0.2, 0.25) is 0 Å². The minimum Gasteiger partial charge on any atom is -0.497 e. The smallest absolute Gasteiger partial charge is 0.191 e. The predicted octanol–water partition coefficient (Wildman–Crippen LogP) is 2.94. The van der Waals surface area contributed by atoms with Gasteiger partial charge in [-0.15, -0.1) is 24.0 Å². The number of halogens is 1. The highest BCUT2D eigenvalue weighted by Gasteiger charge is 2.23. The topological polar surface area (TPSA) is 66.7 Å². The lowest BCUT2D eigenvalue weighted by atomic mass is 10.1. The first-order valence-electron chi connectivity index (χ1n) is 10.1. The van der Waals surface area contributed by atoms with Gasteiger partial charge in [-0.3, -0.25) is 9.58 Å². The number of aryl methyl sites for hydroxylation is 1. The zero-order chi connectivity index (χ0) is 19.8. The van der Waals surface area contributed by atoms with Gasteiger partial charge in [0.05, 0.1) is 25.4 Å². The molecule has 1 aromatic heterocycles. The summed E-state index contributed by atoms with van der Waals surface area (Å²) in [7, 11) is 3.65. The van der Waals surface area contributed by atoms with Crippen LogP contribution in [0.4, 0.5) is 0 Å². The maximum absolute atomic E-state index is 5.32. The molecule has 1 unspecified atom stereocenters. The van der Waals surface area contributed by atoms with Crippen LogP contribution < -0.4 is 15.4 Å². The zero-order valence-electron chi connectivity index (χ0n) is 17.6. The van der Waals surface area contributed by atoms with Gasteiger partial charge in [-0.05, 0) is 56.6 Å². The molecule has 1 fully saturated rings. The van der Waals surface area contributed by atoms with E-state index in [1.54, 1.807) is 13.3 Å². The number of aliphatic imine (C=N–C) groups is 1. The van der Waals surface area contributed by atoms with Gasteiger partial charge in [-0.1, -0.05) is 12.1 Å². The minimum absolute atomic E-state index is 0. The van der Waals surface area contributed by atoms with Crippen molar-refractivity contribution in [1.82, 2.24) is 25.3 Å². The van der Waals surface area contributed by atoms with Crippen molar-refractivity contribution in [2.24, 2.45) is 12.0 Å². The third-order valence-corrected chi connectivity index (χ3v) is 5.21. The molecule has 29 heavy (non-hydrogen) atoms. The second kappa shape index (κ2) is 12.0. The first kappa shape index (κ1) is 23.5. The Morgan fingerprint density at radius 1 is 1.17 bits per heavy atom. The average Bonchev–Trinajstić information content (AvgIpc) is 3.39. The maximum atomic E-state index is 5.32. The van der Waals surface area contributed by atoms with Crippen LogP contribution >= 0.6 is 24.0 Å². The molecule has 0 aliphatic carbocycles. The van der Waals surface area contributed by atoms with Crippen LogP contribution in [-0.2, 0) is 13.6 Å². The number of aromatic nitrogens is 2. The van der Waals surface area contributed by atoms with Gasteiger partial charge < -0.3 is 15.4 Å². The van der Waals surface area contributed by atoms with E-state index < -0.39 is 0 Å². The molecule has 3 rings (SSSR count). The van der Waals surface area contributed by atoms with Crippen LogP contribution in [0.15, 0.2) is 41.5 Å². The third kappa shape index (κ3) is 6.60.